The van der Waals surface area contributed by atoms with E-state index in [1.807, 2.05) is 39.0 Å². The SMILES string of the molecule is Cc1cc(C)c(OCO)cc1Cc1sc2cccnc2c1S(=O)(=O)Nc1onc(C)c1C1CC1. The maximum absolute atomic E-state index is 13.7. The molecule has 0 bridgehead atoms. The highest BCUT2D eigenvalue weighted by Gasteiger charge is 2.34. The van der Waals surface area contributed by atoms with Crippen LogP contribution >= 0.6 is 11.3 Å². The first-order valence-electron chi connectivity index (χ1n) is 11.0. The average molecular weight is 500 g/mol. The second-order valence-electron chi connectivity index (χ2n) is 8.59. The lowest BCUT2D eigenvalue weighted by molar-refractivity contribution is 0.0978. The third kappa shape index (κ3) is 4.17. The zero-order valence-electron chi connectivity index (χ0n) is 19.1. The summed E-state index contributed by atoms with van der Waals surface area (Å²) in [6.07, 6.45) is 3.96. The van der Waals surface area contributed by atoms with Gasteiger partial charge >= 0.3 is 0 Å². The van der Waals surface area contributed by atoms with E-state index >= 15 is 0 Å². The summed E-state index contributed by atoms with van der Waals surface area (Å²) < 4.78 is 41.6. The number of nitrogens with one attached hydrogen (secondary N) is 1. The number of hydrogen-bond donors (Lipinski definition) is 2. The van der Waals surface area contributed by atoms with Crippen LogP contribution in [0.5, 0.6) is 5.75 Å². The van der Waals surface area contributed by atoms with E-state index in [4.69, 9.17) is 9.26 Å². The first-order chi connectivity index (χ1) is 16.3. The van der Waals surface area contributed by atoms with Gasteiger partial charge in [0, 0.05) is 23.1 Å². The molecule has 34 heavy (non-hydrogen) atoms. The molecule has 3 aromatic heterocycles. The minimum Gasteiger partial charge on any atom is -0.467 e. The number of aryl methyl sites for hydroxylation is 3. The van der Waals surface area contributed by atoms with E-state index in [1.165, 1.54) is 11.3 Å². The Balaban J connectivity index is 1.59. The van der Waals surface area contributed by atoms with E-state index in [0.29, 0.717) is 28.3 Å². The van der Waals surface area contributed by atoms with E-state index in [1.54, 1.807) is 12.3 Å². The number of nitrogens with zero attached hydrogens (tertiary/aromatic N) is 2. The number of aliphatic hydroxyl groups is 1. The molecule has 0 unspecified atom stereocenters. The number of sulfonamides is 1. The van der Waals surface area contributed by atoms with Gasteiger partial charge in [-0.2, -0.15) is 0 Å². The van der Waals surface area contributed by atoms with Gasteiger partial charge in [-0.15, -0.1) is 11.3 Å². The molecule has 3 heterocycles. The van der Waals surface area contributed by atoms with E-state index in [2.05, 4.69) is 14.9 Å². The van der Waals surface area contributed by atoms with Gasteiger partial charge in [0.15, 0.2) is 6.79 Å². The lowest BCUT2D eigenvalue weighted by atomic mass is 10.0. The highest BCUT2D eigenvalue weighted by atomic mass is 32.2. The zero-order chi connectivity index (χ0) is 24.0. The molecule has 1 fully saturated rings. The van der Waals surface area contributed by atoms with Crippen LogP contribution in [0.1, 0.15) is 51.6 Å². The normalized spacial score (nSPS) is 14.0. The van der Waals surface area contributed by atoms with E-state index in [-0.39, 0.29) is 16.7 Å². The minimum absolute atomic E-state index is 0.147. The fraction of sp³-hybridized carbons (Fsp3) is 0.333. The third-order valence-corrected chi connectivity index (χ3v) is 8.77. The lowest BCUT2D eigenvalue weighted by Crippen LogP contribution is -2.15. The zero-order valence-corrected chi connectivity index (χ0v) is 20.7. The lowest BCUT2D eigenvalue weighted by Gasteiger charge is -2.13. The highest BCUT2D eigenvalue weighted by molar-refractivity contribution is 7.93. The molecule has 1 aliphatic carbocycles. The van der Waals surface area contributed by atoms with Gasteiger partial charge in [-0.25, -0.2) is 13.1 Å². The van der Waals surface area contributed by atoms with Crippen molar-refractivity contribution in [3.8, 4) is 5.75 Å². The largest absolute Gasteiger partial charge is 0.467 e. The van der Waals surface area contributed by atoms with Gasteiger partial charge in [-0.05, 0) is 74.4 Å². The molecule has 178 valence electrons. The summed E-state index contributed by atoms with van der Waals surface area (Å²) in [5.41, 5.74) is 4.78. The number of benzene rings is 1. The molecule has 8 nitrogen and oxygen atoms in total. The number of aliphatic hydroxyl groups excluding tert-OH is 1. The van der Waals surface area contributed by atoms with Crippen molar-refractivity contribution >= 4 is 37.5 Å². The maximum atomic E-state index is 13.7. The Labute approximate surface area is 201 Å². The number of fused-ring (bicyclic) bond motifs is 1. The van der Waals surface area contributed by atoms with Gasteiger partial charge < -0.3 is 14.4 Å². The smallest absolute Gasteiger partial charge is 0.267 e. The fourth-order valence-corrected chi connectivity index (χ4v) is 7.17. The number of anilines is 1. The van der Waals surface area contributed by atoms with Crippen LogP contribution in [0.2, 0.25) is 0 Å². The van der Waals surface area contributed by atoms with Crippen LogP contribution in [0.3, 0.4) is 0 Å². The molecule has 4 aromatic rings. The van der Waals surface area contributed by atoms with Gasteiger partial charge in [0.2, 0.25) is 5.88 Å². The number of hydrogen-bond acceptors (Lipinski definition) is 8. The van der Waals surface area contributed by atoms with Gasteiger partial charge in [0.05, 0.1) is 10.4 Å². The summed E-state index contributed by atoms with van der Waals surface area (Å²) in [5.74, 6) is 1.03. The summed E-state index contributed by atoms with van der Waals surface area (Å²) in [5, 5.41) is 13.2. The molecular weight excluding hydrogens is 474 g/mol. The standard InChI is InChI=1S/C24H25N3O5S2/c1-13-9-14(2)18(31-12-28)10-17(13)11-20-23(22-19(33-20)5-4-8-25-22)34(29,30)27-24-21(16-6-7-16)15(3)26-32-24/h4-5,8-10,16,27-28H,6-7,11-12H2,1-3H3. The monoisotopic (exact) mass is 499 g/mol. The number of pyridine rings is 1. The van der Waals surface area contributed by atoms with Gasteiger partial charge in [-0.3, -0.25) is 4.98 Å². The predicted octanol–water partition coefficient (Wildman–Crippen LogP) is 4.81. The molecule has 0 radical (unpaired) electrons. The third-order valence-electron chi connectivity index (χ3n) is 6.07. The quantitative estimate of drug-likeness (QED) is 0.334. The van der Waals surface area contributed by atoms with Crippen molar-refractivity contribution < 1.29 is 22.8 Å². The highest BCUT2D eigenvalue weighted by Crippen LogP contribution is 2.46. The molecule has 0 amide bonds. The van der Waals surface area contributed by atoms with Crippen LogP contribution in [0, 0.1) is 20.8 Å². The second kappa shape index (κ2) is 8.68. The van der Waals surface area contributed by atoms with Crippen LogP contribution in [0.15, 0.2) is 39.9 Å². The van der Waals surface area contributed by atoms with Crippen LogP contribution < -0.4 is 9.46 Å². The maximum Gasteiger partial charge on any atom is 0.267 e. The molecule has 10 heteroatoms. The van der Waals surface area contributed by atoms with Gasteiger partial charge in [0.25, 0.3) is 10.0 Å². The van der Waals surface area contributed by atoms with Crippen molar-refractivity contribution in [1.29, 1.82) is 0 Å². The van der Waals surface area contributed by atoms with E-state index in [9.17, 15) is 13.5 Å². The van der Waals surface area contributed by atoms with Crippen LogP contribution in [0.4, 0.5) is 5.88 Å². The van der Waals surface area contributed by atoms with Gasteiger partial charge in [-0.1, -0.05) is 11.2 Å². The number of rotatable bonds is 8. The molecule has 0 atom stereocenters. The summed E-state index contributed by atoms with van der Waals surface area (Å²) >= 11 is 1.40. The molecule has 0 spiro atoms. The molecule has 5 rings (SSSR count). The summed E-state index contributed by atoms with van der Waals surface area (Å²) in [6, 6.07) is 7.48. The molecule has 1 saturated carbocycles. The molecular formula is C24H25N3O5S2. The van der Waals surface area contributed by atoms with Crippen molar-refractivity contribution in [2.75, 3.05) is 11.5 Å². The Morgan fingerprint density at radius 2 is 2.03 bits per heavy atom. The molecule has 1 aliphatic rings. The molecule has 0 aliphatic heterocycles. The van der Waals surface area contributed by atoms with E-state index in [0.717, 1.165) is 39.8 Å². The Hall–Kier alpha value is -2.95. The number of ether oxygens (including phenoxy) is 1. The average Bonchev–Trinajstić information content (AvgIpc) is 3.45. The molecule has 1 aromatic carbocycles. The first kappa shape index (κ1) is 22.8. The van der Waals surface area contributed by atoms with Crippen LogP contribution in [-0.4, -0.2) is 30.5 Å². The Bertz CT molecular complexity index is 1490. The first-order valence-corrected chi connectivity index (χ1v) is 13.3. The van der Waals surface area contributed by atoms with E-state index < -0.39 is 16.8 Å². The number of thiophene rings is 1. The minimum atomic E-state index is -4.01. The van der Waals surface area contributed by atoms with Crippen molar-refractivity contribution in [2.24, 2.45) is 0 Å². The summed E-state index contributed by atoms with van der Waals surface area (Å²) in [6.45, 7) is 5.28. The predicted molar refractivity (Wildman–Crippen MR) is 130 cm³/mol. The van der Waals surface area contributed by atoms with Gasteiger partial charge in [0.1, 0.15) is 16.2 Å². The topological polar surface area (TPSA) is 115 Å². The van der Waals surface area contributed by atoms with Crippen LogP contribution in [-0.2, 0) is 16.4 Å². The van der Waals surface area contributed by atoms with Crippen molar-refractivity contribution in [3.63, 3.8) is 0 Å². The Morgan fingerprint density at radius 3 is 2.76 bits per heavy atom. The molecule has 0 saturated heterocycles. The second-order valence-corrected chi connectivity index (χ2v) is 11.3. The van der Waals surface area contributed by atoms with Crippen LogP contribution in [0.25, 0.3) is 10.2 Å². The summed E-state index contributed by atoms with van der Waals surface area (Å²) in [7, 11) is -4.01. The Kier molecular flexibility index (Phi) is 5.83. The van der Waals surface area contributed by atoms with Crippen molar-refractivity contribution in [3.05, 3.63) is 63.3 Å². The Morgan fingerprint density at radius 1 is 1.24 bits per heavy atom. The van der Waals surface area contributed by atoms with Crippen molar-refractivity contribution in [1.82, 2.24) is 10.1 Å². The fourth-order valence-electron chi connectivity index (χ4n) is 4.29. The summed E-state index contributed by atoms with van der Waals surface area (Å²) in [4.78, 5) is 5.20. The van der Waals surface area contributed by atoms with Crippen molar-refractivity contribution in [2.45, 2.75) is 50.8 Å². The number of aromatic nitrogens is 2. The molecule has 2 N–H and O–H groups in total.